The number of nitrogens with two attached hydrogens (primary N) is 1. The molecule has 6 N–H and O–H groups in total. The van der Waals surface area contributed by atoms with Crippen LogP contribution in [0, 0.1) is 11.8 Å². The number of benzene rings is 3. The number of hydrogen-bond donors (Lipinski definition) is 5. The second kappa shape index (κ2) is 22.7. The standard InChI is InChI=1S/C45H43N15O4S3/c1-2-25-65-44-52-39(48-20-19-46)38-40(53-44)59(58-55-38)27-30-15-13-29(14-16-30)17-18-35(61)47-21-23-64-24-22-49-41(62)34-26-50-43(67-34)56-54-37-36(32-11-7-4-8-12-32)57-60(42(37)63)45-51-33(28-66-45)31-9-5-3-6-10-31/h3-16,26,28,57H,2,19-25,27,46H2,1H3,(H,47,61)(H,49,62)(H,48,52,53). The Bertz CT molecular complexity index is 3100. The van der Waals surface area contributed by atoms with Gasteiger partial charge in [-0.2, -0.15) is 4.68 Å². The van der Waals surface area contributed by atoms with E-state index in [2.05, 4.69) is 75.3 Å². The third-order valence-corrected chi connectivity index (χ3v) is 12.3. The number of hydrogen-bond acceptors (Lipinski definition) is 17. The van der Waals surface area contributed by atoms with Crippen LogP contribution in [0.5, 0.6) is 0 Å². The zero-order valence-corrected chi connectivity index (χ0v) is 38.5. The number of H-pyrrole nitrogens is 1. The molecule has 0 spiro atoms. The molecule has 5 aromatic heterocycles. The minimum absolute atomic E-state index is 0.0723. The molecule has 2 amide bonds. The molecule has 0 fully saturated rings. The van der Waals surface area contributed by atoms with Crippen molar-refractivity contribution in [2.45, 2.75) is 25.0 Å². The Hall–Kier alpha value is -7.42. The number of thiazole rings is 2. The minimum atomic E-state index is -0.445. The number of nitrogens with one attached hydrogen (secondary N) is 4. The van der Waals surface area contributed by atoms with Crippen LogP contribution in [0.3, 0.4) is 0 Å². The lowest BCUT2D eigenvalue weighted by atomic mass is 10.1. The fourth-order valence-corrected chi connectivity index (χ4v) is 8.43. The summed E-state index contributed by atoms with van der Waals surface area (Å²) >= 11 is 3.92. The number of rotatable bonds is 20. The summed E-state index contributed by atoms with van der Waals surface area (Å²) in [7, 11) is 0. The van der Waals surface area contributed by atoms with Crippen LogP contribution in [0.4, 0.5) is 16.6 Å². The maximum absolute atomic E-state index is 13.7. The summed E-state index contributed by atoms with van der Waals surface area (Å²) in [6.45, 7) is 4.42. The van der Waals surface area contributed by atoms with E-state index in [1.807, 2.05) is 90.3 Å². The van der Waals surface area contributed by atoms with Crippen LogP contribution < -0.4 is 27.2 Å². The van der Waals surface area contributed by atoms with Gasteiger partial charge in [-0.05, 0) is 24.1 Å². The van der Waals surface area contributed by atoms with Gasteiger partial charge in [-0.3, -0.25) is 19.5 Å². The summed E-state index contributed by atoms with van der Waals surface area (Å²) in [6.07, 6.45) is 2.39. The van der Waals surface area contributed by atoms with Crippen molar-refractivity contribution >= 4 is 74.1 Å². The van der Waals surface area contributed by atoms with Gasteiger partial charge in [0.2, 0.25) is 10.3 Å². The molecule has 0 saturated carbocycles. The number of nitrogens with zero attached hydrogens (tertiary/aromatic N) is 10. The molecule has 0 unspecified atom stereocenters. The summed E-state index contributed by atoms with van der Waals surface area (Å²) in [5, 5.41) is 32.2. The average molecular weight is 954 g/mol. The first-order valence-corrected chi connectivity index (χ1v) is 23.8. The van der Waals surface area contributed by atoms with E-state index in [0.29, 0.717) is 63.0 Å². The fraction of sp³-hybridized carbons (Fsp3) is 0.222. The van der Waals surface area contributed by atoms with Crippen molar-refractivity contribution in [1.82, 2.24) is 55.3 Å². The molecule has 340 valence electrons. The van der Waals surface area contributed by atoms with Gasteiger partial charge in [0.05, 0.1) is 37.3 Å². The van der Waals surface area contributed by atoms with Crippen molar-refractivity contribution in [3.63, 3.8) is 0 Å². The first-order valence-electron chi connectivity index (χ1n) is 21.1. The zero-order chi connectivity index (χ0) is 46.4. The monoisotopic (exact) mass is 953 g/mol. The van der Waals surface area contributed by atoms with Crippen molar-refractivity contribution < 1.29 is 14.3 Å². The molecule has 0 aliphatic rings. The number of aromatic amines is 1. The van der Waals surface area contributed by atoms with E-state index in [1.165, 1.54) is 22.2 Å². The fourth-order valence-electron chi connectivity index (χ4n) is 6.30. The number of fused-ring (bicyclic) bond motifs is 1. The number of thioether (sulfide) groups is 1. The van der Waals surface area contributed by atoms with Gasteiger partial charge in [0.15, 0.2) is 27.8 Å². The molecule has 0 aliphatic carbocycles. The van der Waals surface area contributed by atoms with E-state index in [0.717, 1.165) is 45.9 Å². The molecule has 67 heavy (non-hydrogen) atoms. The number of ether oxygens (including phenoxy) is 1. The summed E-state index contributed by atoms with van der Waals surface area (Å²) in [5.41, 5.74) is 11.0. The Labute approximate surface area is 395 Å². The summed E-state index contributed by atoms with van der Waals surface area (Å²) in [5.74, 6) is 6.17. The van der Waals surface area contributed by atoms with Crippen LogP contribution in [0.2, 0.25) is 0 Å². The number of carbonyl (C=O) groups is 2. The number of azo groups is 1. The second-order valence-electron chi connectivity index (χ2n) is 14.3. The molecule has 8 rings (SSSR count). The highest BCUT2D eigenvalue weighted by Crippen LogP contribution is 2.31. The predicted molar refractivity (Wildman–Crippen MR) is 259 cm³/mol. The lowest BCUT2D eigenvalue weighted by Gasteiger charge is -2.08. The molecule has 3 aromatic carbocycles. The van der Waals surface area contributed by atoms with Crippen molar-refractivity contribution in [2.75, 3.05) is 50.5 Å². The molecule has 22 heteroatoms. The highest BCUT2D eigenvalue weighted by molar-refractivity contribution is 7.99. The van der Waals surface area contributed by atoms with Gasteiger partial charge in [-0.15, -0.1) is 26.7 Å². The third-order valence-electron chi connectivity index (χ3n) is 9.52. The average Bonchev–Trinajstić information content (AvgIpc) is 4.19. The van der Waals surface area contributed by atoms with E-state index in [1.54, 1.807) is 16.4 Å². The van der Waals surface area contributed by atoms with Gasteiger partial charge in [-0.1, -0.05) is 114 Å². The van der Waals surface area contributed by atoms with Crippen molar-refractivity contribution in [3.8, 4) is 39.5 Å². The van der Waals surface area contributed by atoms with E-state index < -0.39 is 11.5 Å². The van der Waals surface area contributed by atoms with E-state index >= 15 is 0 Å². The first kappa shape index (κ1) is 46.1. The first-order chi connectivity index (χ1) is 32.9. The van der Waals surface area contributed by atoms with Crippen molar-refractivity contribution in [3.05, 3.63) is 123 Å². The molecular formula is C45H43N15O4S3. The molecular weight excluding hydrogens is 911 g/mol. The van der Waals surface area contributed by atoms with E-state index in [9.17, 15) is 14.4 Å². The molecule has 0 bridgehead atoms. The van der Waals surface area contributed by atoms with Gasteiger partial charge in [0, 0.05) is 59.9 Å². The van der Waals surface area contributed by atoms with Gasteiger partial charge >= 0.3 is 5.56 Å². The third kappa shape index (κ3) is 11.9. The van der Waals surface area contributed by atoms with Gasteiger partial charge in [0.1, 0.15) is 4.88 Å². The lowest BCUT2D eigenvalue weighted by Crippen LogP contribution is -2.29. The predicted octanol–water partition coefficient (Wildman–Crippen LogP) is 6.20. The molecule has 0 aliphatic heterocycles. The maximum Gasteiger partial charge on any atom is 0.301 e. The SMILES string of the molecule is CCCSc1nc(NCCN)c2nnn(Cc3ccc(C#CC(=O)NCCOCCNC(=O)c4cnc(N=Nc5c(-c6ccccc6)[nH]n(-c6nc(-c7ccccc7)cs6)c5=O)s4)cc3)c2n1. The number of amides is 2. The Balaban J connectivity index is 0.777. The van der Waals surface area contributed by atoms with Crippen LogP contribution in [-0.2, 0) is 16.1 Å². The van der Waals surface area contributed by atoms with Crippen LogP contribution in [-0.4, -0.2) is 102 Å². The molecule has 5 heterocycles. The van der Waals surface area contributed by atoms with E-state index in [4.69, 9.17) is 15.5 Å². The Morgan fingerprint density at radius 3 is 2.45 bits per heavy atom. The van der Waals surface area contributed by atoms with Crippen molar-refractivity contribution in [1.29, 1.82) is 0 Å². The topological polar surface area (TPSA) is 250 Å². The summed E-state index contributed by atoms with van der Waals surface area (Å²) in [6, 6.07) is 26.5. The zero-order valence-electron chi connectivity index (χ0n) is 36.0. The molecule has 8 aromatic rings. The highest BCUT2D eigenvalue weighted by Gasteiger charge is 2.20. The smallest absolute Gasteiger partial charge is 0.301 e. The minimum Gasteiger partial charge on any atom is -0.378 e. The van der Waals surface area contributed by atoms with E-state index in [-0.39, 0.29) is 43.0 Å². The molecule has 0 saturated heterocycles. The second-order valence-corrected chi connectivity index (χ2v) is 17.2. The van der Waals surface area contributed by atoms with Crippen LogP contribution >= 0.6 is 34.4 Å². The maximum atomic E-state index is 13.7. The quantitative estimate of drug-likeness (QED) is 0.0188. The Morgan fingerprint density at radius 2 is 1.69 bits per heavy atom. The Morgan fingerprint density at radius 1 is 0.925 bits per heavy atom. The van der Waals surface area contributed by atoms with Gasteiger partial charge in [-0.25, -0.2) is 24.6 Å². The summed E-state index contributed by atoms with van der Waals surface area (Å²) in [4.78, 5) is 57.5. The summed E-state index contributed by atoms with van der Waals surface area (Å²) < 4.78 is 8.66. The van der Waals surface area contributed by atoms with Gasteiger partial charge < -0.3 is 26.4 Å². The number of carbonyl (C=O) groups excluding carboxylic acids is 2. The highest BCUT2D eigenvalue weighted by atomic mass is 32.2. The largest absolute Gasteiger partial charge is 0.378 e. The molecule has 19 nitrogen and oxygen atoms in total. The lowest BCUT2D eigenvalue weighted by molar-refractivity contribution is -0.115. The number of aromatic nitrogens is 9. The number of anilines is 1. The van der Waals surface area contributed by atoms with Crippen molar-refractivity contribution in [2.24, 2.45) is 16.0 Å². The van der Waals surface area contributed by atoms with Crippen LogP contribution in [0.15, 0.2) is 117 Å². The molecule has 0 atom stereocenters. The van der Waals surface area contributed by atoms with Crippen LogP contribution in [0.25, 0.3) is 38.8 Å². The van der Waals surface area contributed by atoms with Gasteiger partial charge in [0.25, 0.3) is 11.8 Å². The normalized spacial score (nSPS) is 11.2. The van der Waals surface area contributed by atoms with Crippen LogP contribution in [0.1, 0.15) is 34.1 Å². The molecule has 0 radical (unpaired) electrons. The Kier molecular flexibility index (Phi) is 15.6.